The Morgan fingerprint density at radius 3 is 2.19 bits per heavy atom. The Morgan fingerprint density at radius 2 is 1.65 bits per heavy atom. The van der Waals surface area contributed by atoms with Crippen molar-refractivity contribution in [2.45, 2.75) is 33.7 Å². The van der Waals surface area contributed by atoms with Gasteiger partial charge >= 0.3 is 0 Å². The van der Waals surface area contributed by atoms with Gasteiger partial charge in [-0.25, -0.2) is 8.42 Å². The number of carbonyl (C=O) groups excluding carboxylic acids is 1. The van der Waals surface area contributed by atoms with E-state index in [-0.39, 0.29) is 0 Å². The number of sulfonamides is 1. The molecule has 140 valence electrons. The third kappa shape index (κ3) is 4.37. The minimum atomic E-state index is -3.70. The summed E-state index contributed by atoms with van der Waals surface area (Å²) in [6.45, 7) is 7.12. The summed E-state index contributed by atoms with van der Waals surface area (Å²) in [6, 6.07) is 9.71. The summed E-state index contributed by atoms with van der Waals surface area (Å²) in [7, 11) is -3.70. The molecule has 0 saturated carbocycles. The Balaban J connectivity index is 2.43. The van der Waals surface area contributed by atoms with Crippen molar-refractivity contribution in [3.05, 3.63) is 58.1 Å². The van der Waals surface area contributed by atoms with E-state index in [4.69, 9.17) is 11.6 Å². The van der Waals surface area contributed by atoms with Crippen molar-refractivity contribution in [2.75, 3.05) is 15.9 Å². The molecule has 0 aliphatic rings. The number of aryl methyl sites for hydroxylation is 3. The maximum Gasteiger partial charge on any atom is 0.248 e. The number of carbonyl (C=O) groups is 1. The second-order valence-electron chi connectivity index (χ2n) is 6.42. The van der Waals surface area contributed by atoms with E-state index in [2.05, 4.69) is 5.32 Å². The average Bonchev–Trinajstić information content (AvgIpc) is 2.53. The number of rotatable bonds is 5. The molecule has 0 aliphatic heterocycles. The molecule has 0 unspecified atom stereocenters. The van der Waals surface area contributed by atoms with Gasteiger partial charge in [-0.1, -0.05) is 35.9 Å². The summed E-state index contributed by atoms with van der Waals surface area (Å²) in [5.41, 5.74) is 3.63. The van der Waals surface area contributed by atoms with Gasteiger partial charge < -0.3 is 5.32 Å². The third-order valence-corrected chi connectivity index (χ3v) is 5.69. The van der Waals surface area contributed by atoms with E-state index >= 15 is 0 Å². The summed E-state index contributed by atoms with van der Waals surface area (Å²) in [4.78, 5) is 12.8. The number of hydrogen-bond acceptors (Lipinski definition) is 3. The van der Waals surface area contributed by atoms with Gasteiger partial charge in [0.25, 0.3) is 0 Å². The minimum absolute atomic E-state index is 0.393. The van der Waals surface area contributed by atoms with E-state index in [1.165, 1.54) is 0 Å². The molecule has 2 rings (SSSR count). The number of benzene rings is 2. The molecule has 1 N–H and O–H groups in total. The van der Waals surface area contributed by atoms with Gasteiger partial charge in [-0.2, -0.15) is 0 Å². The first-order valence-electron chi connectivity index (χ1n) is 8.15. The molecule has 5 nitrogen and oxygen atoms in total. The summed E-state index contributed by atoms with van der Waals surface area (Å²) < 4.78 is 26.0. The van der Waals surface area contributed by atoms with Gasteiger partial charge in [0.15, 0.2) is 0 Å². The maximum absolute atomic E-state index is 12.8. The van der Waals surface area contributed by atoms with Gasteiger partial charge in [-0.05, 0) is 56.5 Å². The fourth-order valence-electron chi connectivity index (χ4n) is 2.84. The van der Waals surface area contributed by atoms with Crippen molar-refractivity contribution in [3.63, 3.8) is 0 Å². The molecule has 0 fully saturated rings. The fourth-order valence-corrected chi connectivity index (χ4v) is 4.23. The molecule has 7 heteroatoms. The van der Waals surface area contributed by atoms with Crippen LogP contribution in [0.2, 0.25) is 5.02 Å². The van der Waals surface area contributed by atoms with Crippen LogP contribution in [0.15, 0.2) is 36.4 Å². The lowest BCUT2D eigenvalue weighted by Gasteiger charge is -2.30. The van der Waals surface area contributed by atoms with Gasteiger partial charge in [-0.15, -0.1) is 0 Å². The fraction of sp³-hybridized carbons (Fsp3) is 0.316. The van der Waals surface area contributed by atoms with Crippen LogP contribution in [0.4, 0.5) is 11.4 Å². The van der Waals surface area contributed by atoms with Crippen LogP contribution >= 0.6 is 11.6 Å². The van der Waals surface area contributed by atoms with Crippen LogP contribution in [0.5, 0.6) is 0 Å². The van der Waals surface area contributed by atoms with E-state index < -0.39 is 22.0 Å². The van der Waals surface area contributed by atoms with Crippen molar-refractivity contribution >= 4 is 38.9 Å². The Kier molecular flexibility index (Phi) is 5.98. The second-order valence-corrected chi connectivity index (χ2v) is 8.72. The van der Waals surface area contributed by atoms with Gasteiger partial charge in [0.1, 0.15) is 6.04 Å². The smallest absolute Gasteiger partial charge is 0.248 e. The molecule has 26 heavy (non-hydrogen) atoms. The molecule has 0 heterocycles. The number of halogens is 1. The van der Waals surface area contributed by atoms with E-state index in [1.54, 1.807) is 32.0 Å². The van der Waals surface area contributed by atoms with Crippen LogP contribution in [0.1, 0.15) is 23.6 Å². The largest absolute Gasteiger partial charge is 0.324 e. The van der Waals surface area contributed by atoms with Crippen molar-refractivity contribution in [1.29, 1.82) is 0 Å². The number of anilines is 2. The highest BCUT2D eigenvalue weighted by Gasteiger charge is 2.30. The first-order valence-corrected chi connectivity index (χ1v) is 10.4. The zero-order chi connectivity index (χ0) is 19.6. The maximum atomic E-state index is 12.8. The quantitative estimate of drug-likeness (QED) is 0.831. The molecule has 0 bridgehead atoms. The van der Waals surface area contributed by atoms with E-state index in [9.17, 15) is 13.2 Å². The molecule has 0 saturated heterocycles. The number of nitrogens with zero attached hydrogens (tertiary/aromatic N) is 1. The van der Waals surface area contributed by atoms with Gasteiger partial charge in [0.05, 0.1) is 11.9 Å². The molecule has 0 aromatic heterocycles. The second kappa shape index (κ2) is 7.68. The van der Waals surface area contributed by atoms with Crippen LogP contribution in [0.25, 0.3) is 0 Å². The van der Waals surface area contributed by atoms with Gasteiger partial charge in [0, 0.05) is 10.7 Å². The highest BCUT2D eigenvalue weighted by atomic mass is 35.5. The molecular weight excluding hydrogens is 372 g/mol. The molecule has 0 aliphatic carbocycles. The van der Waals surface area contributed by atoms with E-state index in [0.29, 0.717) is 22.0 Å². The lowest BCUT2D eigenvalue weighted by molar-refractivity contribution is -0.116. The number of amides is 1. The highest BCUT2D eigenvalue weighted by molar-refractivity contribution is 7.92. The Morgan fingerprint density at radius 1 is 1.08 bits per heavy atom. The lowest BCUT2D eigenvalue weighted by atomic mass is 10.1. The topological polar surface area (TPSA) is 66.5 Å². The normalized spacial score (nSPS) is 12.5. The average molecular weight is 395 g/mol. The standard InChI is InChI=1S/C19H23ClN2O3S/c1-12-9-10-16(20)11-17(12)22(26(5,24)25)15(4)19(23)21-18-13(2)7-6-8-14(18)3/h6-11,15H,1-5H3,(H,21,23)/t15-/m0/s1. The van der Waals surface area contributed by atoms with E-state index in [0.717, 1.165) is 21.7 Å². The number of nitrogens with one attached hydrogen (secondary N) is 1. The third-order valence-electron chi connectivity index (χ3n) is 4.23. The number of para-hydroxylation sites is 1. The Bertz CT molecular complexity index is 922. The first-order chi connectivity index (χ1) is 12.0. The van der Waals surface area contributed by atoms with Gasteiger partial charge in [0.2, 0.25) is 15.9 Å². The molecule has 1 amide bonds. The predicted octanol–water partition coefficient (Wildman–Crippen LogP) is 4.06. The van der Waals surface area contributed by atoms with Crippen LogP contribution in [-0.2, 0) is 14.8 Å². The van der Waals surface area contributed by atoms with Crippen molar-refractivity contribution in [1.82, 2.24) is 0 Å². The summed E-state index contributed by atoms with van der Waals surface area (Å²) in [6.07, 6.45) is 1.08. The van der Waals surface area contributed by atoms with Crippen molar-refractivity contribution in [2.24, 2.45) is 0 Å². The van der Waals surface area contributed by atoms with Crippen LogP contribution in [-0.4, -0.2) is 26.6 Å². The summed E-state index contributed by atoms with van der Waals surface area (Å²) >= 11 is 6.04. The van der Waals surface area contributed by atoms with Crippen molar-refractivity contribution < 1.29 is 13.2 Å². The summed E-state index contributed by atoms with van der Waals surface area (Å²) in [5.74, 6) is -0.410. The monoisotopic (exact) mass is 394 g/mol. The van der Waals surface area contributed by atoms with Crippen LogP contribution in [0, 0.1) is 20.8 Å². The zero-order valence-corrected chi connectivity index (χ0v) is 17.1. The molecule has 2 aromatic carbocycles. The highest BCUT2D eigenvalue weighted by Crippen LogP contribution is 2.29. The SMILES string of the molecule is Cc1ccc(Cl)cc1N([C@@H](C)C(=O)Nc1c(C)cccc1C)S(C)(=O)=O. The predicted molar refractivity (Wildman–Crippen MR) is 108 cm³/mol. The minimum Gasteiger partial charge on any atom is -0.324 e. The Hall–Kier alpha value is -2.05. The molecule has 1 atom stereocenters. The number of hydrogen-bond donors (Lipinski definition) is 1. The Labute approximate surface area is 160 Å². The molecular formula is C19H23ClN2O3S. The zero-order valence-electron chi connectivity index (χ0n) is 15.5. The van der Waals surface area contributed by atoms with Crippen LogP contribution in [0.3, 0.4) is 0 Å². The molecule has 0 spiro atoms. The van der Waals surface area contributed by atoms with Gasteiger partial charge in [-0.3, -0.25) is 9.10 Å². The van der Waals surface area contributed by atoms with Crippen LogP contribution < -0.4 is 9.62 Å². The molecule has 0 radical (unpaired) electrons. The van der Waals surface area contributed by atoms with E-state index in [1.807, 2.05) is 32.0 Å². The first kappa shape index (κ1) is 20.3. The summed E-state index contributed by atoms with van der Waals surface area (Å²) in [5, 5.41) is 3.26. The molecule has 2 aromatic rings. The van der Waals surface area contributed by atoms with Crippen molar-refractivity contribution in [3.8, 4) is 0 Å². The lowest BCUT2D eigenvalue weighted by Crippen LogP contribution is -2.45.